The van der Waals surface area contributed by atoms with Crippen molar-refractivity contribution in [3.8, 4) is 11.5 Å². The molecule has 9 heteroatoms. The summed E-state index contributed by atoms with van der Waals surface area (Å²) in [6.07, 6.45) is 1.48. The minimum Gasteiger partial charge on any atom is -0.493 e. The van der Waals surface area contributed by atoms with Crippen LogP contribution in [0.15, 0.2) is 103 Å². The number of halogens is 2. The Bertz CT molecular complexity index is 1550. The monoisotopic (exact) mass is 588 g/mol. The Morgan fingerprint density at radius 2 is 1.35 bits per heavy atom. The van der Waals surface area contributed by atoms with Crippen molar-refractivity contribution >= 4 is 69.8 Å². The summed E-state index contributed by atoms with van der Waals surface area (Å²) in [5.41, 5.74) is 2.36. The van der Waals surface area contributed by atoms with Crippen LogP contribution in [0.25, 0.3) is 6.08 Å². The molecule has 1 fully saturated rings. The van der Waals surface area contributed by atoms with Gasteiger partial charge in [0.1, 0.15) is 12.2 Å². The van der Waals surface area contributed by atoms with E-state index in [1.807, 2.05) is 24.3 Å². The van der Waals surface area contributed by atoms with Gasteiger partial charge in [-0.15, -0.1) is 0 Å². The Labute approximate surface area is 246 Å². The Morgan fingerprint density at radius 3 is 1.88 bits per heavy atom. The van der Waals surface area contributed by atoms with Crippen molar-refractivity contribution in [3.63, 3.8) is 0 Å². The van der Waals surface area contributed by atoms with E-state index in [4.69, 9.17) is 44.9 Å². The van der Waals surface area contributed by atoms with Gasteiger partial charge in [0.2, 0.25) is 0 Å². The number of hydrogen-bond acceptors (Lipinski definition) is 5. The molecular formula is C31H22Cl2N2O4S. The number of carbonyl (C=O) groups is 2. The number of benzene rings is 4. The second-order valence-electron chi connectivity index (χ2n) is 8.74. The zero-order valence-corrected chi connectivity index (χ0v) is 23.5. The molecule has 1 heterocycles. The molecule has 4 aromatic rings. The normalized spacial score (nSPS) is 13.5. The van der Waals surface area contributed by atoms with E-state index in [2.05, 4.69) is 0 Å². The lowest BCUT2D eigenvalue weighted by atomic mass is 10.0. The fraction of sp³-hybridized carbons (Fsp3) is 0.0645. The number of anilines is 2. The number of methoxy groups -OCH3 is 1. The molecule has 5 rings (SSSR count). The summed E-state index contributed by atoms with van der Waals surface area (Å²) in [5, 5.41) is 0.943. The second-order valence-corrected chi connectivity index (χ2v) is 9.95. The van der Waals surface area contributed by atoms with Crippen molar-refractivity contribution in [1.82, 2.24) is 0 Å². The first kappa shape index (κ1) is 27.4. The van der Waals surface area contributed by atoms with Gasteiger partial charge in [0, 0.05) is 5.02 Å². The topological polar surface area (TPSA) is 59.1 Å². The zero-order valence-electron chi connectivity index (χ0n) is 21.2. The highest BCUT2D eigenvalue weighted by molar-refractivity contribution is 7.81. The molecule has 4 aromatic carbocycles. The van der Waals surface area contributed by atoms with Gasteiger partial charge in [-0.05, 0) is 78.0 Å². The summed E-state index contributed by atoms with van der Waals surface area (Å²) >= 11 is 18.2. The van der Waals surface area contributed by atoms with E-state index >= 15 is 0 Å². The molecule has 0 spiro atoms. The third kappa shape index (κ3) is 5.58. The zero-order chi connectivity index (χ0) is 28.2. The molecular weight excluding hydrogens is 567 g/mol. The molecule has 6 nitrogen and oxygen atoms in total. The van der Waals surface area contributed by atoms with E-state index in [-0.39, 0.29) is 22.3 Å². The molecule has 1 aliphatic heterocycles. The summed E-state index contributed by atoms with van der Waals surface area (Å²) in [5.74, 6) is -0.419. The average molecular weight is 590 g/mol. The molecule has 0 N–H and O–H groups in total. The first-order valence-corrected chi connectivity index (χ1v) is 13.3. The number of ether oxygens (including phenoxy) is 2. The van der Waals surface area contributed by atoms with E-state index in [1.165, 1.54) is 23.0 Å². The van der Waals surface area contributed by atoms with Crippen LogP contribution < -0.4 is 19.3 Å². The van der Waals surface area contributed by atoms with Crippen LogP contribution in [0.5, 0.6) is 11.5 Å². The molecule has 0 aromatic heterocycles. The minimum atomic E-state index is -0.550. The van der Waals surface area contributed by atoms with Crippen molar-refractivity contribution in [2.24, 2.45) is 0 Å². The molecule has 2 amide bonds. The Morgan fingerprint density at radius 1 is 0.800 bits per heavy atom. The Hall–Kier alpha value is -4.17. The molecule has 200 valence electrons. The third-order valence-corrected chi connectivity index (χ3v) is 7.04. The van der Waals surface area contributed by atoms with Crippen molar-refractivity contribution in [3.05, 3.63) is 124 Å². The van der Waals surface area contributed by atoms with E-state index in [1.54, 1.807) is 72.8 Å². The van der Waals surface area contributed by atoms with Crippen LogP contribution >= 0.6 is 35.4 Å². The number of amides is 2. The van der Waals surface area contributed by atoms with Crippen LogP contribution in [-0.2, 0) is 16.2 Å². The molecule has 1 aliphatic rings. The van der Waals surface area contributed by atoms with Gasteiger partial charge in [0.15, 0.2) is 16.6 Å². The van der Waals surface area contributed by atoms with Crippen molar-refractivity contribution in [2.75, 3.05) is 16.9 Å². The number of hydrogen-bond donors (Lipinski definition) is 0. The van der Waals surface area contributed by atoms with Gasteiger partial charge in [0.05, 0.1) is 23.5 Å². The lowest BCUT2D eigenvalue weighted by Gasteiger charge is -2.36. The first-order chi connectivity index (χ1) is 19.4. The van der Waals surface area contributed by atoms with Crippen LogP contribution in [0.3, 0.4) is 0 Å². The molecule has 0 radical (unpaired) electrons. The van der Waals surface area contributed by atoms with Crippen LogP contribution in [0, 0.1) is 0 Å². The van der Waals surface area contributed by atoms with E-state index < -0.39 is 11.8 Å². The quantitative estimate of drug-likeness (QED) is 0.128. The maximum atomic E-state index is 13.7. The molecule has 0 aliphatic carbocycles. The van der Waals surface area contributed by atoms with E-state index in [0.29, 0.717) is 33.5 Å². The van der Waals surface area contributed by atoms with Gasteiger partial charge < -0.3 is 9.47 Å². The molecule has 1 saturated heterocycles. The van der Waals surface area contributed by atoms with Crippen LogP contribution in [0.2, 0.25) is 10.0 Å². The van der Waals surface area contributed by atoms with Gasteiger partial charge in [0.25, 0.3) is 11.8 Å². The highest BCUT2D eigenvalue weighted by Gasteiger charge is 2.41. The van der Waals surface area contributed by atoms with Gasteiger partial charge in [-0.2, -0.15) is 0 Å². The lowest BCUT2D eigenvalue weighted by molar-refractivity contribution is -0.120. The van der Waals surface area contributed by atoms with Gasteiger partial charge >= 0.3 is 0 Å². The maximum Gasteiger partial charge on any atom is 0.270 e. The second kappa shape index (κ2) is 11.9. The van der Waals surface area contributed by atoms with E-state index in [9.17, 15) is 9.59 Å². The largest absolute Gasteiger partial charge is 0.493 e. The lowest BCUT2D eigenvalue weighted by Crippen LogP contribution is -2.56. The summed E-state index contributed by atoms with van der Waals surface area (Å²) in [6.45, 7) is 0.236. The molecule has 0 bridgehead atoms. The molecule has 40 heavy (non-hydrogen) atoms. The number of thiocarbonyl (C=S) groups is 1. The summed E-state index contributed by atoms with van der Waals surface area (Å²) < 4.78 is 11.5. The van der Waals surface area contributed by atoms with Crippen LogP contribution in [0.4, 0.5) is 11.4 Å². The average Bonchev–Trinajstić information content (AvgIpc) is 2.96. The number of carbonyl (C=O) groups excluding carboxylic acids is 2. The molecule has 0 atom stereocenters. The number of para-hydroxylation sites is 2. The standard InChI is InChI=1S/C31H22Cl2N2O4S/c1-38-27-18-21(17-26(33)28(27)39-19-20-12-14-22(32)15-13-20)16-25-29(36)34(23-8-4-2-5-9-23)31(40)35(30(25)37)24-10-6-3-7-11-24/h2-18H,19H2,1H3. The number of nitrogens with zero attached hydrogens (tertiary/aromatic N) is 2. The van der Waals surface area contributed by atoms with Crippen molar-refractivity contribution in [2.45, 2.75) is 6.61 Å². The highest BCUT2D eigenvalue weighted by Crippen LogP contribution is 2.38. The summed E-state index contributed by atoms with van der Waals surface area (Å²) in [6, 6.07) is 28.4. The SMILES string of the molecule is COc1cc(C=C2C(=O)N(c3ccccc3)C(=S)N(c3ccccc3)C2=O)cc(Cl)c1OCc1ccc(Cl)cc1. The summed E-state index contributed by atoms with van der Waals surface area (Å²) in [7, 11) is 1.49. The predicted molar refractivity (Wildman–Crippen MR) is 162 cm³/mol. The minimum absolute atomic E-state index is 0.0612. The predicted octanol–water partition coefficient (Wildman–Crippen LogP) is 7.33. The number of rotatable bonds is 7. The molecule has 0 saturated carbocycles. The van der Waals surface area contributed by atoms with Crippen molar-refractivity contribution in [1.29, 1.82) is 0 Å². The Kier molecular flexibility index (Phi) is 8.16. The fourth-order valence-corrected chi connectivity index (χ4v) is 4.98. The van der Waals surface area contributed by atoms with Gasteiger partial charge in [-0.3, -0.25) is 19.4 Å². The third-order valence-electron chi connectivity index (χ3n) is 6.14. The fourth-order valence-electron chi connectivity index (χ4n) is 4.21. The first-order valence-electron chi connectivity index (χ1n) is 12.2. The van der Waals surface area contributed by atoms with Gasteiger partial charge in [-0.1, -0.05) is 71.7 Å². The van der Waals surface area contributed by atoms with Crippen molar-refractivity contribution < 1.29 is 19.1 Å². The van der Waals surface area contributed by atoms with E-state index in [0.717, 1.165) is 5.56 Å². The summed E-state index contributed by atoms with van der Waals surface area (Å²) in [4.78, 5) is 30.2. The highest BCUT2D eigenvalue weighted by atomic mass is 35.5. The van der Waals surface area contributed by atoms with Crippen LogP contribution in [0.1, 0.15) is 11.1 Å². The van der Waals surface area contributed by atoms with Crippen LogP contribution in [-0.4, -0.2) is 24.0 Å². The Balaban J connectivity index is 1.53. The maximum absolute atomic E-state index is 13.7. The van der Waals surface area contributed by atoms with Gasteiger partial charge in [-0.25, -0.2) is 0 Å². The molecule has 0 unspecified atom stereocenters. The smallest absolute Gasteiger partial charge is 0.270 e.